The highest BCUT2D eigenvalue weighted by atomic mass is 19.4. The van der Waals surface area contributed by atoms with E-state index >= 15 is 0 Å². The monoisotopic (exact) mass is 411 g/mol. The number of amides is 2. The number of carbonyl (C=O) groups excluding carboxylic acids is 1. The lowest BCUT2D eigenvalue weighted by atomic mass is 9.81. The van der Waals surface area contributed by atoms with Gasteiger partial charge in [0.2, 0.25) is 0 Å². The summed E-state index contributed by atoms with van der Waals surface area (Å²) >= 11 is 0. The number of carbonyl (C=O) groups is 1. The molecule has 1 N–H and O–H groups in total. The van der Waals surface area contributed by atoms with E-state index in [0.717, 1.165) is 43.3 Å². The molecule has 2 amide bonds. The summed E-state index contributed by atoms with van der Waals surface area (Å²) in [5, 5.41) is 2.75. The van der Waals surface area contributed by atoms with Gasteiger partial charge in [0.05, 0.1) is 0 Å². The van der Waals surface area contributed by atoms with Crippen LogP contribution in [0.15, 0.2) is 24.3 Å². The summed E-state index contributed by atoms with van der Waals surface area (Å²) in [4.78, 5) is 16.7. The number of piperazine rings is 1. The van der Waals surface area contributed by atoms with E-state index < -0.39 is 6.36 Å². The van der Waals surface area contributed by atoms with E-state index in [1.807, 2.05) is 0 Å². The minimum absolute atomic E-state index is 0.220. The van der Waals surface area contributed by atoms with Gasteiger partial charge in [-0.3, -0.25) is 4.90 Å². The van der Waals surface area contributed by atoms with Crippen LogP contribution in [0, 0.1) is 23.7 Å². The van der Waals surface area contributed by atoms with Crippen molar-refractivity contribution in [3.63, 3.8) is 0 Å². The molecule has 3 aliphatic rings. The van der Waals surface area contributed by atoms with Crippen molar-refractivity contribution in [1.82, 2.24) is 9.80 Å². The van der Waals surface area contributed by atoms with Crippen molar-refractivity contribution in [2.75, 3.05) is 38.0 Å². The smallest absolute Gasteiger partial charge is 0.406 e. The molecule has 5 nitrogen and oxygen atoms in total. The number of nitrogens with one attached hydrogen (secondary N) is 1. The normalized spacial score (nSPS) is 29.9. The van der Waals surface area contributed by atoms with Crippen molar-refractivity contribution >= 4 is 11.7 Å². The molecule has 1 aromatic rings. The Morgan fingerprint density at radius 2 is 1.79 bits per heavy atom. The van der Waals surface area contributed by atoms with Crippen LogP contribution in [-0.2, 0) is 0 Å². The van der Waals surface area contributed by atoms with Crippen molar-refractivity contribution < 1.29 is 22.7 Å². The summed E-state index contributed by atoms with van der Waals surface area (Å²) < 4.78 is 40.5. The third-order valence-corrected chi connectivity index (χ3v) is 6.77. The summed E-state index contributed by atoms with van der Waals surface area (Å²) in [6.07, 6.45) is -0.552. The van der Waals surface area contributed by atoms with Crippen LogP contribution < -0.4 is 10.1 Å². The average Bonchev–Trinajstić information content (AvgIpc) is 3.21. The summed E-state index contributed by atoms with van der Waals surface area (Å²) in [6.45, 7) is 6.60. The van der Waals surface area contributed by atoms with Crippen molar-refractivity contribution in [2.45, 2.75) is 32.5 Å². The number of hydrogen-bond acceptors (Lipinski definition) is 3. The third kappa shape index (κ3) is 4.97. The van der Waals surface area contributed by atoms with E-state index in [1.54, 1.807) is 4.90 Å². The summed E-state index contributed by atoms with van der Waals surface area (Å²) in [7, 11) is 0. The van der Waals surface area contributed by atoms with Crippen LogP contribution in [0.4, 0.5) is 23.7 Å². The number of nitrogens with zero attached hydrogens (tertiary/aromatic N) is 2. The molecule has 0 spiro atoms. The molecule has 0 aromatic heterocycles. The second-order valence-electron chi connectivity index (χ2n) is 8.76. The van der Waals surface area contributed by atoms with Gasteiger partial charge in [0, 0.05) is 38.4 Å². The molecule has 1 heterocycles. The Kier molecular flexibility index (Phi) is 5.64. The van der Waals surface area contributed by atoms with E-state index in [2.05, 4.69) is 21.9 Å². The van der Waals surface area contributed by atoms with Crippen molar-refractivity contribution in [3.8, 4) is 5.75 Å². The molecule has 29 heavy (non-hydrogen) atoms. The SMILES string of the molecule is CC1CC2CC(CN3CCN(C(=O)Nc4ccc(OC(F)(F)F)cc4)CC3)C1C2. The Labute approximate surface area is 169 Å². The maximum Gasteiger partial charge on any atom is 0.573 e. The number of ether oxygens (including phenoxy) is 1. The molecule has 8 heteroatoms. The lowest BCUT2D eigenvalue weighted by Crippen LogP contribution is -2.51. The zero-order chi connectivity index (χ0) is 20.6. The molecule has 4 unspecified atom stereocenters. The second kappa shape index (κ2) is 8.05. The quantitative estimate of drug-likeness (QED) is 0.798. The maximum absolute atomic E-state index is 12.5. The van der Waals surface area contributed by atoms with E-state index in [4.69, 9.17) is 0 Å². The Morgan fingerprint density at radius 1 is 1.10 bits per heavy atom. The van der Waals surface area contributed by atoms with Gasteiger partial charge in [0.15, 0.2) is 0 Å². The van der Waals surface area contributed by atoms with Crippen LogP contribution in [0.5, 0.6) is 5.75 Å². The molecule has 4 rings (SSSR count). The number of anilines is 1. The van der Waals surface area contributed by atoms with Crippen molar-refractivity contribution in [3.05, 3.63) is 24.3 Å². The van der Waals surface area contributed by atoms with E-state index in [0.29, 0.717) is 18.8 Å². The fraction of sp³-hybridized carbons (Fsp3) is 0.667. The molecular weight excluding hydrogens is 383 g/mol. The number of hydrogen-bond donors (Lipinski definition) is 1. The zero-order valence-electron chi connectivity index (χ0n) is 16.6. The minimum Gasteiger partial charge on any atom is -0.406 e. The summed E-state index contributed by atoms with van der Waals surface area (Å²) in [5.74, 6) is 3.17. The van der Waals surface area contributed by atoms with Gasteiger partial charge in [0.1, 0.15) is 5.75 Å². The molecule has 0 radical (unpaired) electrons. The first-order valence-corrected chi connectivity index (χ1v) is 10.4. The zero-order valence-corrected chi connectivity index (χ0v) is 16.6. The van der Waals surface area contributed by atoms with Gasteiger partial charge in [-0.05, 0) is 67.2 Å². The summed E-state index contributed by atoms with van der Waals surface area (Å²) in [5.41, 5.74) is 0.447. The number of fused-ring (bicyclic) bond motifs is 2. The molecule has 3 fully saturated rings. The van der Waals surface area contributed by atoms with Crippen LogP contribution in [0.25, 0.3) is 0 Å². The van der Waals surface area contributed by atoms with Crippen molar-refractivity contribution in [1.29, 1.82) is 0 Å². The molecule has 4 atom stereocenters. The van der Waals surface area contributed by atoms with Gasteiger partial charge in [-0.2, -0.15) is 0 Å². The van der Waals surface area contributed by atoms with Gasteiger partial charge in [0.25, 0.3) is 0 Å². The number of benzene rings is 1. The average molecular weight is 411 g/mol. The Bertz CT molecular complexity index is 717. The van der Waals surface area contributed by atoms with Gasteiger partial charge < -0.3 is 15.0 Å². The first-order valence-electron chi connectivity index (χ1n) is 10.4. The topological polar surface area (TPSA) is 44.8 Å². The molecule has 1 aliphatic heterocycles. The van der Waals surface area contributed by atoms with Gasteiger partial charge >= 0.3 is 12.4 Å². The lowest BCUT2D eigenvalue weighted by molar-refractivity contribution is -0.274. The van der Waals surface area contributed by atoms with Crippen molar-refractivity contribution in [2.24, 2.45) is 23.7 Å². The highest BCUT2D eigenvalue weighted by Gasteiger charge is 2.44. The minimum atomic E-state index is -4.72. The highest BCUT2D eigenvalue weighted by molar-refractivity contribution is 5.89. The number of halogens is 3. The van der Waals surface area contributed by atoms with Gasteiger partial charge in [-0.25, -0.2) is 4.79 Å². The standard InChI is InChI=1S/C21H28F3N3O2/c1-14-10-15-11-16(19(14)12-15)13-26-6-8-27(9-7-26)20(28)25-17-2-4-18(5-3-17)29-21(22,23)24/h2-5,14-16,19H,6-13H2,1H3,(H,25,28). The van der Waals surface area contributed by atoms with Crippen LogP contribution in [0.3, 0.4) is 0 Å². The number of urea groups is 1. The predicted octanol–water partition coefficient (Wildman–Crippen LogP) is 4.42. The maximum atomic E-state index is 12.5. The van der Waals surface area contributed by atoms with Crippen LogP contribution in [0.1, 0.15) is 26.2 Å². The number of alkyl halides is 3. The fourth-order valence-corrected chi connectivity index (χ4v) is 5.48. The van der Waals surface area contributed by atoms with Crippen LogP contribution >= 0.6 is 0 Å². The molecule has 160 valence electrons. The fourth-order valence-electron chi connectivity index (χ4n) is 5.48. The highest BCUT2D eigenvalue weighted by Crippen LogP contribution is 2.51. The molecular formula is C21H28F3N3O2. The molecule has 1 aromatic carbocycles. The Balaban J connectivity index is 1.22. The summed E-state index contributed by atoms with van der Waals surface area (Å²) in [6, 6.07) is 4.98. The number of rotatable bonds is 4. The first-order chi connectivity index (χ1) is 13.8. The Morgan fingerprint density at radius 3 is 2.38 bits per heavy atom. The van der Waals surface area contributed by atoms with Crippen LogP contribution in [-0.4, -0.2) is 54.9 Å². The van der Waals surface area contributed by atoms with E-state index in [9.17, 15) is 18.0 Å². The first kappa shape index (κ1) is 20.3. The molecule has 2 aliphatic carbocycles. The lowest BCUT2D eigenvalue weighted by Gasteiger charge is -2.38. The molecule has 1 saturated heterocycles. The van der Waals surface area contributed by atoms with Gasteiger partial charge in [-0.15, -0.1) is 13.2 Å². The molecule has 2 saturated carbocycles. The third-order valence-electron chi connectivity index (χ3n) is 6.77. The van der Waals surface area contributed by atoms with Crippen LogP contribution in [0.2, 0.25) is 0 Å². The Hall–Kier alpha value is -1.96. The predicted molar refractivity (Wildman–Crippen MR) is 104 cm³/mol. The molecule has 2 bridgehead atoms. The van der Waals surface area contributed by atoms with E-state index in [-0.39, 0.29) is 11.8 Å². The van der Waals surface area contributed by atoms with E-state index in [1.165, 1.54) is 43.5 Å². The largest absolute Gasteiger partial charge is 0.573 e. The second-order valence-corrected chi connectivity index (χ2v) is 8.76. The van der Waals surface area contributed by atoms with Gasteiger partial charge in [-0.1, -0.05) is 6.92 Å².